The zero-order chi connectivity index (χ0) is 27.7. The second kappa shape index (κ2) is 11.6. The number of pyridine rings is 1. The normalized spacial score (nSPS) is 21.3. The van der Waals surface area contributed by atoms with Crippen molar-refractivity contribution in [2.24, 2.45) is 5.92 Å². The molecule has 3 unspecified atom stereocenters. The highest BCUT2D eigenvalue weighted by Crippen LogP contribution is 2.29. The summed E-state index contributed by atoms with van der Waals surface area (Å²) in [6.07, 6.45) is 4.09. The molecule has 0 saturated heterocycles. The van der Waals surface area contributed by atoms with Crippen LogP contribution in [-0.4, -0.2) is 76.8 Å². The molecule has 5 rings (SSSR count). The summed E-state index contributed by atoms with van der Waals surface area (Å²) in [6.45, 7) is 4.26. The zero-order valence-electron chi connectivity index (χ0n) is 22.4. The van der Waals surface area contributed by atoms with Gasteiger partial charge in [-0.3, -0.25) is 19.4 Å². The molecule has 2 aliphatic rings. The van der Waals surface area contributed by atoms with Crippen molar-refractivity contribution in [3.05, 3.63) is 56.8 Å². The molecule has 11 heteroatoms. The molecule has 1 fully saturated rings. The molecular formula is C28H33ClN6O3S. The second-order valence-electron chi connectivity index (χ2n) is 10.5. The summed E-state index contributed by atoms with van der Waals surface area (Å²) in [5.74, 6) is -0.752. The summed E-state index contributed by atoms with van der Waals surface area (Å²) < 4.78 is 0. The van der Waals surface area contributed by atoms with E-state index in [1.54, 1.807) is 36.3 Å². The molecule has 1 aliphatic heterocycles. The summed E-state index contributed by atoms with van der Waals surface area (Å²) in [5.41, 5.74) is 1.27. The van der Waals surface area contributed by atoms with Gasteiger partial charge in [0, 0.05) is 66.5 Å². The Morgan fingerprint density at radius 2 is 1.92 bits per heavy atom. The van der Waals surface area contributed by atoms with Crippen LogP contribution in [0.25, 0.3) is 10.8 Å². The third-order valence-electron chi connectivity index (χ3n) is 7.72. The molecule has 3 atom stereocenters. The van der Waals surface area contributed by atoms with Crippen molar-refractivity contribution in [2.75, 3.05) is 27.2 Å². The van der Waals surface area contributed by atoms with Gasteiger partial charge < -0.3 is 20.4 Å². The lowest BCUT2D eigenvalue weighted by atomic mass is 9.81. The lowest BCUT2D eigenvalue weighted by Gasteiger charge is -2.37. The minimum Gasteiger partial charge on any atom is -0.346 e. The van der Waals surface area contributed by atoms with Crippen molar-refractivity contribution in [3.63, 3.8) is 0 Å². The molecule has 0 bridgehead atoms. The molecule has 0 spiro atoms. The minimum atomic E-state index is -0.419. The lowest BCUT2D eigenvalue weighted by molar-refractivity contribution is -0.135. The predicted molar refractivity (Wildman–Crippen MR) is 152 cm³/mol. The third kappa shape index (κ3) is 6.08. The number of amides is 3. The van der Waals surface area contributed by atoms with Crippen LogP contribution in [0.4, 0.5) is 0 Å². The Balaban J connectivity index is 1.34. The number of rotatable bonds is 6. The highest BCUT2D eigenvalue weighted by molar-refractivity contribution is 7.13. The fourth-order valence-electron chi connectivity index (χ4n) is 5.32. The molecule has 1 aromatic carbocycles. The van der Waals surface area contributed by atoms with E-state index in [0.717, 1.165) is 40.9 Å². The Kier molecular flexibility index (Phi) is 8.16. The van der Waals surface area contributed by atoms with E-state index < -0.39 is 6.04 Å². The maximum Gasteiger partial charge on any atom is 0.280 e. The first-order valence-corrected chi connectivity index (χ1v) is 14.5. The number of nitrogens with one attached hydrogen (secondary N) is 2. The number of nitrogens with zero attached hydrogens (tertiary/aromatic N) is 4. The number of halogens is 1. The summed E-state index contributed by atoms with van der Waals surface area (Å²) in [4.78, 5) is 53.6. The molecule has 206 valence electrons. The fraction of sp³-hybridized carbons (Fsp3) is 0.464. The quantitative estimate of drug-likeness (QED) is 0.471. The number of fused-ring (bicyclic) bond motifs is 2. The summed E-state index contributed by atoms with van der Waals surface area (Å²) >= 11 is 7.49. The van der Waals surface area contributed by atoms with Crippen LogP contribution < -0.4 is 10.6 Å². The van der Waals surface area contributed by atoms with Crippen molar-refractivity contribution in [1.29, 1.82) is 0 Å². The van der Waals surface area contributed by atoms with E-state index in [1.807, 2.05) is 13.0 Å². The maximum absolute atomic E-state index is 13.3. The van der Waals surface area contributed by atoms with E-state index in [-0.39, 0.29) is 35.4 Å². The van der Waals surface area contributed by atoms with Crippen LogP contribution in [0.15, 0.2) is 30.5 Å². The van der Waals surface area contributed by atoms with E-state index in [1.165, 1.54) is 11.3 Å². The number of benzene rings is 1. The molecule has 2 aromatic heterocycles. The van der Waals surface area contributed by atoms with Gasteiger partial charge in [-0.2, -0.15) is 0 Å². The Morgan fingerprint density at radius 1 is 1.13 bits per heavy atom. The van der Waals surface area contributed by atoms with Gasteiger partial charge >= 0.3 is 0 Å². The fourth-order valence-corrected chi connectivity index (χ4v) is 6.60. The van der Waals surface area contributed by atoms with Gasteiger partial charge in [0.2, 0.25) is 5.91 Å². The van der Waals surface area contributed by atoms with Crippen LogP contribution in [-0.2, 0) is 17.8 Å². The summed E-state index contributed by atoms with van der Waals surface area (Å²) in [5, 5.41) is 8.94. The number of thiazole rings is 1. The van der Waals surface area contributed by atoms with Crippen molar-refractivity contribution in [1.82, 2.24) is 30.4 Å². The molecule has 2 N–H and O–H groups in total. The first-order valence-electron chi connectivity index (χ1n) is 13.3. The van der Waals surface area contributed by atoms with E-state index in [0.29, 0.717) is 35.8 Å². The number of aromatic nitrogens is 2. The monoisotopic (exact) mass is 568 g/mol. The summed E-state index contributed by atoms with van der Waals surface area (Å²) in [6, 6.07) is 6.40. The Labute approximate surface area is 236 Å². The molecule has 1 aliphatic carbocycles. The van der Waals surface area contributed by atoms with Crippen molar-refractivity contribution in [3.8, 4) is 0 Å². The molecule has 0 radical (unpaired) electrons. The van der Waals surface area contributed by atoms with E-state index in [9.17, 15) is 14.4 Å². The standard InChI is InChI=1S/C28H33ClN6O3S/c1-4-35(3)28(38)17-6-8-20(31-25(36)23-12-16-5-7-19(29)11-18(16)14-30-23)22(13-17)32-26(37)27-33-21-9-10-34(2)15-24(21)39-27/h5,7,11-12,14,17,20,22H,4,6,8-10,13,15H2,1-3H3,(H,31,36)(H,32,37). The molecule has 9 nitrogen and oxygen atoms in total. The average molecular weight is 569 g/mol. The SMILES string of the molecule is CCN(C)C(=O)C1CCC(NC(=O)c2cc3ccc(Cl)cc3cn2)C(NC(=O)c2nc3c(s2)CN(C)CC3)C1. The van der Waals surface area contributed by atoms with Gasteiger partial charge in [0.25, 0.3) is 11.8 Å². The van der Waals surface area contributed by atoms with E-state index in [2.05, 4.69) is 32.5 Å². The average Bonchev–Trinajstić information content (AvgIpc) is 3.36. The highest BCUT2D eigenvalue weighted by atomic mass is 35.5. The van der Waals surface area contributed by atoms with Crippen LogP contribution in [0.2, 0.25) is 5.02 Å². The first-order chi connectivity index (χ1) is 18.7. The van der Waals surface area contributed by atoms with Gasteiger partial charge in [0.1, 0.15) is 5.69 Å². The van der Waals surface area contributed by atoms with Gasteiger partial charge in [-0.05, 0) is 56.8 Å². The number of hydrogen-bond donors (Lipinski definition) is 2. The van der Waals surface area contributed by atoms with E-state index in [4.69, 9.17) is 11.6 Å². The zero-order valence-corrected chi connectivity index (χ0v) is 23.9. The van der Waals surface area contributed by atoms with Gasteiger partial charge in [0.15, 0.2) is 5.01 Å². The van der Waals surface area contributed by atoms with Crippen molar-refractivity contribution < 1.29 is 14.4 Å². The van der Waals surface area contributed by atoms with Crippen LogP contribution >= 0.6 is 22.9 Å². The molecule has 1 saturated carbocycles. The number of likely N-dealkylation sites (N-methyl/N-ethyl adjacent to an activating group) is 1. The molecule has 3 aromatic rings. The van der Waals surface area contributed by atoms with Crippen LogP contribution in [0.3, 0.4) is 0 Å². The maximum atomic E-state index is 13.3. The van der Waals surface area contributed by atoms with Gasteiger partial charge in [-0.1, -0.05) is 17.7 Å². The lowest BCUT2D eigenvalue weighted by Crippen LogP contribution is -2.56. The smallest absolute Gasteiger partial charge is 0.280 e. The molecule has 3 heterocycles. The topological polar surface area (TPSA) is 108 Å². The van der Waals surface area contributed by atoms with Gasteiger partial charge in [-0.25, -0.2) is 4.98 Å². The van der Waals surface area contributed by atoms with Crippen LogP contribution in [0.5, 0.6) is 0 Å². The predicted octanol–water partition coefficient (Wildman–Crippen LogP) is 3.51. The second-order valence-corrected chi connectivity index (χ2v) is 12.0. The third-order valence-corrected chi connectivity index (χ3v) is 9.03. The number of hydrogen-bond acceptors (Lipinski definition) is 7. The Bertz CT molecular complexity index is 1410. The van der Waals surface area contributed by atoms with Crippen molar-refractivity contribution in [2.45, 2.75) is 51.2 Å². The van der Waals surface area contributed by atoms with Crippen LogP contribution in [0.1, 0.15) is 57.0 Å². The number of carbonyl (C=O) groups is 3. The molecule has 39 heavy (non-hydrogen) atoms. The van der Waals surface area contributed by atoms with Gasteiger partial charge in [-0.15, -0.1) is 11.3 Å². The van der Waals surface area contributed by atoms with Gasteiger partial charge in [0.05, 0.1) is 11.7 Å². The van der Waals surface area contributed by atoms with Crippen LogP contribution in [0, 0.1) is 5.92 Å². The van der Waals surface area contributed by atoms with E-state index >= 15 is 0 Å². The summed E-state index contributed by atoms with van der Waals surface area (Å²) in [7, 11) is 3.85. The Hall–Kier alpha value is -3.08. The molecule has 3 amide bonds. The highest BCUT2D eigenvalue weighted by Gasteiger charge is 2.37. The number of carbonyl (C=O) groups excluding carboxylic acids is 3. The van der Waals surface area contributed by atoms with Crippen molar-refractivity contribution >= 4 is 51.4 Å². The Morgan fingerprint density at radius 3 is 2.72 bits per heavy atom. The minimum absolute atomic E-state index is 0.0594. The largest absolute Gasteiger partial charge is 0.346 e. The molecular weight excluding hydrogens is 536 g/mol. The first kappa shape index (κ1) is 27.5.